The molecule has 43 heavy (non-hydrogen) atoms. The van der Waals surface area contributed by atoms with Gasteiger partial charge in [0, 0.05) is 50.4 Å². The minimum atomic E-state index is 0.116. The molecular formula is C37H41N3O3. The molecule has 2 aliphatic heterocycles. The molecule has 3 heterocycles. The monoisotopic (exact) mass is 575 g/mol. The van der Waals surface area contributed by atoms with Crippen molar-refractivity contribution in [3.63, 3.8) is 0 Å². The van der Waals surface area contributed by atoms with Crippen molar-refractivity contribution in [3.8, 4) is 5.75 Å². The Balaban J connectivity index is 1.23. The molecule has 1 amide bonds. The molecule has 3 aromatic carbocycles. The third-order valence-electron chi connectivity index (χ3n) is 8.45. The van der Waals surface area contributed by atoms with Crippen LogP contribution in [0.25, 0.3) is 0 Å². The van der Waals surface area contributed by atoms with Crippen LogP contribution in [-0.2, 0) is 30.7 Å². The summed E-state index contributed by atoms with van der Waals surface area (Å²) in [6, 6.07) is 31.5. The number of carbonyl (C=O) groups excluding carboxylic acids is 1. The molecule has 6 nitrogen and oxygen atoms in total. The fraction of sp³-hybridized carbons (Fsp3) is 0.351. The molecule has 2 bridgehead atoms. The zero-order valence-corrected chi connectivity index (χ0v) is 24.9. The molecule has 1 atom stereocenters. The summed E-state index contributed by atoms with van der Waals surface area (Å²) < 4.78 is 12.2. The van der Waals surface area contributed by atoms with E-state index in [4.69, 9.17) is 9.47 Å². The molecule has 0 saturated carbocycles. The van der Waals surface area contributed by atoms with Crippen molar-refractivity contribution in [2.24, 2.45) is 0 Å². The lowest BCUT2D eigenvalue weighted by Crippen LogP contribution is -2.44. The highest BCUT2D eigenvalue weighted by atomic mass is 16.5. The van der Waals surface area contributed by atoms with Gasteiger partial charge in [0.2, 0.25) is 0 Å². The second-order valence-electron chi connectivity index (χ2n) is 11.6. The number of aromatic nitrogens is 1. The molecule has 1 unspecified atom stereocenters. The van der Waals surface area contributed by atoms with Crippen molar-refractivity contribution in [1.82, 2.24) is 14.8 Å². The highest BCUT2D eigenvalue weighted by molar-refractivity contribution is 5.95. The molecule has 0 spiro atoms. The lowest BCUT2D eigenvalue weighted by molar-refractivity contribution is 0.0613. The number of hydrogen-bond acceptors (Lipinski definition) is 5. The van der Waals surface area contributed by atoms with Crippen LogP contribution in [0.15, 0.2) is 97.2 Å². The predicted octanol–water partition coefficient (Wildman–Crippen LogP) is 6.32. The molecule has 0 aliphatic carbocycles. The molecule has 1 saturated heterocycles. The second kappa shape index (κ2) is 14.5. The minimum absolute atomic E-state index is 0.116. The van der Waals surface area contributed by atoms with Gasteiger partial charge in [0.15, 0.2) is 0 Å². The van der Waals surface area contributed by atoms with Gasteiger partial charge in [-0.15, -0.1) is 0 Å². The quantitative estimate of drug-likeness (QED) is 0.279. The van der Waals surface area contributed by atoms with Crippen LogP contribution >= 0.6 is 0 Å². The summed E-state index contributed by atoms with van der Waals surface area (Å²) in [5.74, 6) is 0.934. The largest absolute Gasteiger partial charge is 0.491 e. The number of pyridine rings is 1. The Hall–Kier alpha value is -4.00. The van der Waals surface area contributed by atoms with Crippen LogP contribution in [0.1, 0.15) is 57.6 Å². The highest BCUT2D eigenvalue weighted by Crippen LogP contribution is 2.28. The van der Waals surface area contributed by atoms with E-state index in [1.54, 1.807) is 0 Å². The van der Waals surface area contributed by atoms with Gasteiger partial charge in [0.1, 0.15) is 12.4 Å². The zero-order valence-electron chi connectivity index (χ0n) is 24.9. The molecule has 0 N–H and O–H groups in total. The molecule has 6 heteroatoms. The van der Waals surface area contributed by atoms with Crippen molar-refractivity contribution < 1.29 is 14.3 Å². The third-order valence-corrected chi connectivity index (χ3v) is 8.45. The Morgan fingerprint density at radius 1 is 0.837 bits per heavy atom. The number of hydrogen-bond donors (Lipinski definition) is 0. The van der Waals surface area contributed by atoms with Crippen molar-refractivity contribution in [1.29, 1.82) is 0 Å². The van der Waals surface area contributed by atoms with Crippen LogP contribution in [-0.4, -0.2) is 59.6 Å². The first-order valence-corrected chi connectivity index (χ1v) is 15.6. The molecule has 2 aliphatic rings. The number of ether oxygens (including phenoxy) is 2. The second-order valence-corrected chi connectivity index (χ2v) is 11.6. The predicted molar refractivity (Wildman–Crippen MR) is 169 cm³/mol. The van der Waals surface area contributed by atoms with Crippen molar-refractivity contribution in [2.45, 2.75) is 51.2 Å². The highest BCUT2D eigenvalue weighted by Gasteiger charge is 2.28. The van der Waals surface area contributed by atoms with E-state index in [2.05, 4.69) is 75.4 Å². The molecule has 1 aromatic heterocycles. The molecule has 4 aromatic rings. The van der Waals surface area contributed by atoms with Crippen molar-refractivity contribution in [3.05, 3.63) is 131 Å². The number of carbonyl (C=O) groups is 1. The maximum absolute atomic E-state index is 14.0. The number of fused-ring (bicyclic) bond motifs is 3. The standard InChI is InChI=1S/C37H41N3O3/c41-37(40-18-7-5-14-35(40)25-29-9-2-1-3-10-29)32-15-16-36-33(26-32)24-30-11-8-12-31(23-30)27-39(19-20-42-21-22-43-36)28-34-13-4-6-17-38-34/h1-4,6,8-13,15-17,23,26,35H,5,7,14,18-22,24-25,27-28H2. The average Bonchev–Trinajstić information content (AvgIpc) is 3.04. The van der Waals surface area contributed by atoms with E-state index < -0.39 is 0 Å². The molecule has 0 radical (unpaired) electrons. The summed E-state index contributed by atoms with van der Waals surface area (Å²) in [7, 11) is 0. The van der Waals surface area contributed by atoms with Crippen molar-refractivity contribution in [2.75, 3.05) is 32.9 Å². The Kier molecular flexibility index (Phi) is 9.78. The Labute approximate surface area is 255 Å². The number of piperidine rings is 1. The van der Waals surface area contributed by atoms with E-state index in [9.17, 15) is 4.79 Å². The first-order chi connectivity index (χ1) is 21.2. The van der Waals surface area contributed by atoms with Gasteiger partial charge in [0.05, 0.1) is 18.9 Å². The molecular weight excluding hydrogens is 534 g/mol. The van der Waals surface area contributed by atoms with Crippen molar-refractivity contribution >= 4 is 5.91 Å². The Morgan fingerprint density at radius 3 is 2.60 bits per heavy atom. The van der Waals surface area contributed by atoms with E-state index in [1.807, 2.05) is 36.5 Å². The fourth-order valence-electron chi connectivity index (χ4n) is 6.28. The number of nitrogens with zero attached hydrogens (tertiary/aromatic N) is 3. The van der Waals surface area contributed by atoms with Gasteiger partial charge in [-0.3, -0.25) is 14.7 Å². The van der Waals surface area contributed by atoms with Gasteiger partial charge in [-0.25, -0.2) is 0 Å². The lowest BCUT2D eigenvalue weighted by atomic mass is 9.94. The van der Waals surface area contributed by atoms with Crippen LogP contribution in [0.3, 0.4) is 0 Å². The summed E-state index contributed by atoms with van der Waals surface area (Å²) >= 11 is 0. The van der Waals surface area contributed by atoms with Gasteiger partial charge in [-0.1, -0.05) is 60.7 Å². The third kappa shape index (κ3) is 7.89. The van der Waals surface area contributed by atoms with E-state index in [-0.39, 0.29) is 11.9 Å². The first kappa shape index (κ1) is 29.1. The van der Waals surface area contributed by atoms with E-state index in [0.29, 0.717) is 26.2 Å². The number of amides is 1. The summed E-state index contributed by atoms with van der Waals surface area (Å²) in [6.07, 6.45) is 6.69. The van der Waals surface area contributed by atoms with Gasteiger partial charge in [-0.05, 0) is 78.3 Å². The summed E-state index contributed by atoms with van der Waals surface area (Å²) in [4.78, 5) is 23.0. The molecule has 6 rings (SSSR count). The van der Waals surface area contributed by atoms with Crippen LogP contribution in [0.5, 0.6) is 5.75 Å². The van der Waals surface area contributed by atoms with E-state index in [0.717, 1.165) is 74.4 Å². The SMILES string of the molecule is O=C(c1ccc2c(c1)Cc1cccc(c1)CN(Cc1ccccn1)CCOCCO2)N1CCCCC1Cc1ccccc1. The number of rotatable bonds is 5. The summed E-state index contributed by atoms with van der Waals surface area (Å²) in [6.45, 7) is 4.79. The minimum Gasteiger partial charge on any atom is -0.491 e. The smallest absolute Gasteiger partial charge is 0.254 e. The van der Waals surface area contributed by atoms with Gasteiger partial charge in [0.25, 0.3) is 5.91 Å². The molecule has 222 valence electrons. The van der Waals surface area contributed by atoms with E-state index in [1.165, 1.54) is 16.7 Å². The molecule has 1 fully saturated rings. The topological polar surface area (TPSA) is 54.9 Å². The first-order valence-electron chi connectivity index (χ1n) is 15.6. The van der Waals surface area contributed by atoms with Crippen LogP contribution in [0, 0.1) is 0 Å². The Morgan fingerprint density at radius 2 is 1.72 bits per heavy atom. The summed E-state index contributed by atoms with van der Waals surface area (Å²) in [5, 5.41) is 0. The van der Waals surface area contributed by atoms with E-state index >= 15 is 0 Å². The van der Waals surface area contributed by atoms with Crippen LogP contribution in [0.4, 0.5) is 0 Å². The van der Waals surface area contributed by atoms with Gasteiger partial charge < -0.3 is 14.4 Å². The van der Waals surface area contributed by atoms with Gasteiger partial charge >= 0.3 is 0 Å². The lowest BCUT2D eigenvalue weighted by Gasteiger charge is -2.36. The maximum Gasteiger partial charge on any atom is 0.254 e. The van der Waals surface area contributed by atoms with Gasteiger partial charge in [-0.2, -0.15) is 0 Å². The number of likely N-dealkylation sites (tertiary alicyclic amines) is 1. The van der Waals surface area contributed by atoms with Crippen LogP contribution < -0.4 is 4.74 Å². The summed E-state index contributed by atoms with van der Waals surface area (Å²) in [5.41, 5.74) is 6.55. The number of benzene rings is 3. The van der Waals surface area contributed by atoms with Crippen LogP contribution in [0.2, 0.25) is 0 Å². The fourth-order valence-corrected chi connectivity index (χ4v) is 6.28. The zero-order chi connectivity index (χ0) is 29.3. The average molecular weight is 576 g/mol. The Bertz CT molecular complexity index is 1480. The maximum atomic E-state index is 14.0. The normalized spacial score (nSPS) is 18.2.